The molecule has 4 rings (SSSR count). The van der Waals surface area contributed by atoms with Crippen LogP contribution in [0.5, 0.6) is 0 Å². The van der Waals surface area contributed by atoms with Gasteiger partial charge in [-0.2, -0.15) is 5.10 Å². The Morgan fingerprint density at radius 1 is 1.15 bits per heavy atom. The molecule has 138 valence electrons. The molecule has 1 aliphatic rings. The van der Waals surface area contributed by atoms with Crippen LogP contribution >= 0.6 is 11.6 Å². The van der Waals surface area contributed by atoms with Crippen LogP contribution in [0.4, 0.5) is 0 Å². The fourth-order valence-electron chi connectivity index (χ4n) is 3.32. The first-order valence-electron chi connectivity index (χ1n) is 8.87. The molecule has 3 aromatic rings. The average Bonchev–Trinajstić information content (AvgIpc) is 3.10. The number of aromatic nitrogens is 2. The Morgan fingerprint density at radius 3 is 2.74 bits per heavy atom. The zero-order valence-corrected chi connectivity index (χ0v) is 15.8. The summed E-state index contributed by atoms with van der Waals surface area (Å²) in [6.07, 6.45) is -0.107. The third-order valence-corrected chi connectivity index (χ3v) is 4.98. The maximum Gasteiger partial charge on any atom is 0.272 e. The van der Waals surface area contributed by atoms with Gasteiger partial charge < -0.3 is 9.64 Å². The Labute approximate surface area is 163 Å². The fraction of sp³-hybridized carbons (Fsp3) is 0.238. The van der Waals surface area contributed by atoms with Crippen molar-refractivity contribution in [2.45, 2.75) is 6.10 Å². The topological polar surface area (TPSA) is 47.4 Å². The van der Waals surface area contributed by atoms with Crippen molar-refractivity contribution >= 4 is 17.5 Å². The van der Waals surface area contributed by atoms with Crippen molar-refractivity contribution in [1.29, 1.82) is 0 Å². The van der Waals surface area contributed by atoms with Gasteiger partial charge in [0.1, 0.15) is 11.8 Å². The van der Waals surface area contributed by atoms with E-state index in [1.165, 1.54) is 0 Å². The van der Waals surface area contributed by atoms with E-state index in [0.717, 1.165) is 16.8 Å². The summed E-state index contributed by atoms with van der Waals surface area (Å²) in [6.45, 7) is 1.62. The van der Waals surface area contributed by atoms with Gasteiger partial charge in [-0.1, -0.05) is 54.1 Å². The first-order chi connectivity index (χ1) is 13.1. The van der Waals surface area contributed by atoms with Gasteiger partial charge in [0.2, 0.25) is 0 Å². The number of ether oxygens (including phenoxy) is 1. The summed E-state index contributed by atoms with van der Waals surface area (Å²) in [5, 5.41) is 5.14. The monoisotopic (exact) mass is 381 g/mol. The molecule has 0 saturated carbocycles. The summed E-state index contributed by atoms with van der Waals surface area (Å²) < 4.78 is 7.50. The summed E-state index contributed by atoms with van der Waals surface area (Å²) in [5.41, 5.74) is 3.26. The molecule has 0 spiro atoms. The second-order valence-corrected chi connectivity index (χ2v) is 7.01. The Bertz CT molecular complexity index is 955. The van der Waals surface area contributed by atoms with Gasteiger partial charge in [0.15, 0.2) is 0 Å². The Balaban J connectivity index is 1.56. The van der Waals surface area contributed by atoms with Crippen LogP contribution in [0.2, 0.25) is 5.02 Å². The number of aryl methyl sites for hydroxylation is 1. The van der Waals surface area contributed by atoms with Crippen LogP contribution in [0, 0.1) is 0 Å². The van der Waals surface area contributed by atoms with Gasteiger partial charge >= 0.3 is 0 Å². The Kier molecular flexibility index (Phi) is 4.97. The highest BCUT2D eigenvalue weighted by Gasteiger charge is 2.28. The molecule has 0 aliphatic carbocycles. The number of carbonyl (C=O) groups is 1. The zero-order valence-electron chi connectivity index (χ0n) is 15.0. The number of benzene rings is 2. The SMILES string of the molecule is Cn1nc(-c2cccc(Cl)c2)cc1C(=O)N1CCOC(c2ccccc2)C1. The molecule has 0 bridgehead atoms. The van der Waals surface area contributed by atoms with Gasteiger partial charge in [-0.15, -0.1) is 0 Å². The minimum Gasteiger partial charge on any atom is -0.370 e. The second-order valence-electron chi connectivity index (χ2n) is 6.57. The number of nitrogens with zero attached hydrogens (tertiary/aromatic N) is 3. The normalized spacial score (nSPS) is 17.1. The fourth-order valence-corrected chi connectivity index (χ4v) is 3.51. The second kappa shape index (κ2) is 7.55. The van der Waals surface area contributed by atoms with Crippen LogP contribution in [0.25, 0.3) is 11.3 Å². The number of carbonyl (C=O) groups excluding carboxylic acids is 1. The number of hydrogen-bond acceptors (Lipinski definition) is 3. The van der Waals surface area contributed by atoms with E-state index in [1.807, 2.05) is 65.6 Å². The lowest BCUT2D eigenvalue weighted by atomic mass is 10.1. The van der Waals surface area contributed by atoms with Crippen molar-refractivity contribution in [1.82, 2.24) is 14.7 Å². The molecule has 1 aliphatic heterocycles. The first kappa shape index (κ1) is 17.8. The van der Waals surface area contributed by atoms with Crippen LogP contribution in [-0.2, 0) is 11.8 Å². The van der Waals surface area contributed by atoms with Crippen molar-refractivity contribution in [2.75, 3.05) is 19.7 Å². The highest BCUT2D eigenvalue weighted by Crippen LogP contribution is 2.25. The third kappa shape index (κ3) is 3.75. The zero-order chi connectivity index (χ0) is 18.8. The van der Waals surface area contributed by atoms with Crippen molar-refractivity contribution in [2.24, 2.45) is 7.05 Å². The molecule has 1 unspecified atom stereocenters. The largest absolute Gasteiger partial charge is 0.370 e. The lowest BCUT2D eigenvalue weighted by Crippen LogP contribution is -2.42. The average molecular weight is 382 g/mol. The van der Waals surface area contributed by atoms with Crippen LogP contribution in [0.1, 0.15) is 22.2 Å². The molecule has 27 heavy (non-hydrogen) atoms. The van der Waals surface area contributed by atoms with Crippen molar-refractivity contribution in [3.8, 4) is 11.3 Å². The van der Waals surface area contributed by atoms with Crippen LogP contribution < -0.4 is 0 Å². The minimum atomic E-state index is -0.107. The molecule has 0 radical (unpaired) electrons. The summed E-state index contributed by atoms with van der Waals surface area (Å²) in [6, 6.07) is 19.3. The Morgan fingerprint density at radius 2 is 1.96 bits per heavy atom. The molecule has 2 aromatic carbocycles. The maximum atomic E-state index is 13.1. The van der Waals surface area contributed by atoms with Gasteiger partial charge in [0.05, 0.1) is 18.8 Å². The predicted octanol–water partition coefficient (Wildman–Crippen LogP) is 3.95. The number of rotatable bonds is 3. The number of halogens is 1. The molecule has 1 atom stereocenters. The lowest BCUT2D eigenvalue weighted by molar-refractivity contribution is -0.0231. The van der Waals surface area contributed by atoms with Gasteiger partial charge in [-0.25, -0.2) is 0 Å². The van der Waals surface area contributed by atoms with E-state index in [9.17, 15) is 4.79 Å². The molecule has 1 fully saturated rings. The van der Waals surface area contributed by atoms with Crippen molar-refractivity contribution in [3.63, 3.8) is 0 Å². The molecular weight excluding hydrogens is 362 g/mol. The third-order valence-electron chi connectivity index (χ3n) is 4.74. The highest BCUT2D eigenvalue weighted by atomic mass is 35.5. The van der Waals surface area contributed by atoms with Gasteiger partial charge in [0.25, 0.3) is 5.91 Å². The molecule has 5 nitrogen and oxygen atoms in total. The van der Waals surface area contributed by atoms with E-state index >= 15 is 0 Å². The number of morpholine rings is 1. The maximum absolute atomic E-state index is 13.1. The Hall–Kier alpha value is -2.63. The summed E-state index contributed by atoms with van der Waals surface area (Å²) in [7, 11) is 1.79. The summed E-state index contributed by atoms with van der Waals surface area (Å²) in [5.74, 6) is -0.0393. The van der Waals surface area contributed by atoms with Gasteiger partial charge in [-0.05, 0) is 23.8 Å². The van der Waals surface area contributed by atoms with E-state index in [4.69, 9.17) is 16.3 Å². The lowest BCUT2D eigenvalue weighted by Gasteiger charge is -2.33. The van der Waals surface area contributed by atoms with E-state index in [1.54, 1.807) is 11.7 Å². The quantitative estimate of drug-likeness (QED) is 0.690. The molecule has 1 aromatic heterocycles. The molecular formula is C21H20ClN3O2. The van der Waals surface area contributed by atoms with E-state index in [2.05, 4.69) is 5.10 Å². The smallest absolute Gasteiger partial charge is 0.272 e. The standard InChI is InChI=1S/C21H20ClN3O2/c1-24-19(13-18(23-24)16-8-5-9-17(22)12-16)21(26)25-10-11-27-20(14-25)15-6-3-2-4-7-15/h2-9,12-13,20H,10-11,14H2,1H3. The van der Waals surface area contributed by atoms with Gasteiger partial charge in [-0.3, -0.25) is 9.48 Å². The molecule has 0 N–H and O–H groups in total. The van der Waals surface area contributed by atoms with Crippen molar-refractivity contribution < 1.29 is 9.53 Å². The van der Waals surface area contributed by atoms with E-state index in [-0.39, 0.29) is 12.0 Å². The van der Waals surface area contributed by atoms with Gasteiger partial charge in [0, 0.05) is 24.2 Å². The van der Waals surface area contributed by atoms with E-state index < -0.39 is 0 Å². The summed E-state index contributed by atoms with van der Waals surface area (Å²) in [4.78, 5) is 14.9. The minimum absolute atomic E-state index is 0.0393. The summed E-state index contributed by atoms with van der Waals surface area (Å²) >= 11 is 6.08. The number of hydrogen-bond donors (Lipinski definition) is 0. The van der Waals surface area contributed by atoms with Crippen molar-refractivity contribution in [3.05, 3.63) is 76.9 Å². The highest BCUT2D eigenvalue weighted by molar-refractivity contribution is 6.30. The predicted molar refractivity (Wildman–Crippen MR) is 105 cm³/mol. The van der Waals surface area contributed by atoms with Crippen LogP contribution in [0.15, 0.2) is 60.7 Å². The number of amides is 1. The molecule has 1 amide bonds. The molecule has 6 heteroatoms. The van der Waals surface area contributed by atoms with Crippen LogP contribution in [-0.4, -0.2) is 40.3 Å². The molecule has 2 heterocycles. The first-order valence-corrected chi connectivity index (χ1v) is 9.25. The van der Waals surface area contributed by atoms with Crippen LogP contribution in [0.3, 0.4) is 0 Å². The van der Waals surface area contributed by atoms with E-state index in [0.29, 0.717) is 30.4 Å². The molecule has 1 saturated heterocycles.